The average molecular weight is 333 g/mol. The molecule has 1 unspecified atom stereocenters. The maximum Gasteiger partial charge on any atom is 0.123 e. The summed E-state index contributed by atoms with van der Waals surface area (Å²) in [5.74, 6) is 0.221. The molecule has 0 saturated carbocycles. The Morgan fingerprint density at radius 1 is 1.28 bits per heavy atom. The van der Waals surface area contributed by atoms with E-state index in [1.54, 1.807) is 6.08 Å². The molecule has 4 rings (SSSR count). The van der Waals surface area contributed by atoms with Gasteiger partial charge >= 0.3 is 0 Å². The van der Waals surface area contributed by atoms with Gasteiger partial charge in [-0.05, 0) is 66.8 Å². The number of pyridine rings is 1. The number of nitrogens with zero attached hydrogens (tertiary/aromatic N) is 1. The van der Waals surface area contributed by atoms with Crippen molar-refractivity contribution >= 4 is 16.3 Å². The monoisotopic (exact) mass is 333 g/mol. The Kier molecular flexibility index (Phi) is 3.68. The highest BCUT2D eigenvalue weighted by Crippen LogP contribution is 2.53. The van der Waals surface area contributed by atoms with Crippen LogP contribution in [0.15, 0.2) is 54.0 Å². The van der Waals surface area contributed by atoms with Gasteiger partial charge in [-0.2, -0.15) is 0 Å². The predicted octanol–water partition coefficient (Wildman–Crippen LogP) is 6.43. The quantitative estimate of drug-likeness (QED) is 0.577. The van der Waals surface area contributed by atoms with E-state index in [0.717, 1.165) is 29.7 Å². The van der Waals surface area contributed by atoms with Crippen molar-refractivity contribution in [1.29, 1.82) is 0 Å². The molecule has 0 aliphatic heterocycles. The lowest BCUT2D eigenvalue weighted by atomic mass is 9.64. The Labute approximate surface area is 149 Å². The van der Waals surface area contributed by atoms with Crippen molar-refractivity contribution in [1.82, 2.24) is 4.98 Å². The number of allylic oxidation sites excluding steroid dienone is 6. The van der Waals surface area contributed by atoms with Gasteiger partial charge in [0, 0.05) is 22.6 Å². The molecule has 1 heterocycles. The second-order valence-corrected chi connectivity index (χ2v) is 7.72. The Bertz CT molecular complexity index is 957. The summed E-state index contributed by atoms with van der Waals surface area (Å²) in [6, 6.07) is 6.40. The van der Waals surface area contributed by atoms with Crippen LogP contribution in [0.1, 0.15) is 50.4 Å². The fourth-order valence-electron chi connectivity index (χ4n) is 4.56. The predicted molar refractivity (Wildman–Crippen MR) is 103 cm³/mol. The van der Waals surface area contributed by atoms with Crippen LogP contribution in [0, 0.1) is 12.8 Å². The summed E-state index contributed by atoms with van der Waals surface area (Å²) < 4.78 is 15.0. The molecule has 1 atom stereocenters. The lowest BCUT2D eigenvalue weighted by Crippen LogP contribution is -2.30. The minimum atomic E-state index is -0.355. The van der Waals surface area contributed by atoms with Gasteiger partial charge in [-0.25, -0.2) is 4.39 Å². The molecule has 0 spiro atoms. The van der Waals surface area contributed by atoms with Gasteiger partial charge in [0.2, 0.25) is 0 Å². The molecule has 2 heteroatoms. The van der Waals surface area contributed by atoms with Gasteiger partial charge in [-0.3, -0.25) is 4.98 Å². The van der Waals surface area contributed by atoms with E-state index in [1.807, 2.05) is 13.1 Å². The van der Waals surface area contributed by atoms with E-state index in [2.05, 4.69) is 51.1 Å². The largest absolute Gasteiger partial charge is 0.256 e. The number of hydrogen-bond acceptors (Lipinski definition) is 1. The lowest BCUT2D eigenvalue weighted by molar-refractivity contribution is 0.524. The van der Waals surface area contributed by atoms with Crippen molar-refractivity contribution in [3.05, 3.63) is 70.8 Å². The number of halogens is 1. The van der Waals surface area contributed by atoms with Crippen LogP contribution in [0.3, 0.4) is 0 Å². The summed E-state index contributed by atoms with van der Waals surface area (Å²) in [5, 5.41) is 2.45. The van der Waals surface area contributed by atoms with E-state index < -0.39 is 0 Å². The first-order valence-corrected chi connectivity index (χ1v) is 9.07. The summed E-state index contributed by atoms with van der Waals surface area (Å²) in [4.78, 5) is 4.75. The Morgan fingerprint density at radius 3 is 2.84 bits per heavy atom. The van der Waals surface area contributed by atoms with Crippen molar-refractivity contribution in [2.75, 3.05) is 0 Å². The summed E-state index contributed by atoms with van der Waals surface area (Å²) in [6.45, 7) is 8.47. The second-order valence-electron chi connectivity index (χ2n) is 7.72. The van der Waals surface area contributed by atoms with Crippen molar-refractivity contribution in [3.63, 3.8) is 0 Å². The third-order valence-electron chi connectivity index (χ3n) is 5.85. The number of rotatable bonds is 2. The van der Waals surface area contributed by atoms with Crippen molar-refractivity contribution in [2.24, 2.45) is 5.92 Å². The van der Waals surface area contributed by atoms with E-state index in [1.165, 1.54) is 21.9 Å². The molecule has 0 bridgehead atoms. The first-order valence-electron chi connectivity index (χ1n) is 9.07. The van der Waals surface area contributed by atoms with E-state index in [-0.39, 0.29) is 17.2 Å². The zero-order valence-electron chi connectivity index (χ0n) is 15.4. The zero-order chi connectivity index (χ0) is 17.8. The SMILES string of the molecule is CC=CCC1CC=C(F)C2=C1c1nccc3c(C)ccc(c13)C2(C)C. The highest BCUT2D eigenvalue weighted by atomic mass is 19.1. The maximum atomic E-state index is 15.0. The number of benzene rings is 1. The minimum absolute atomic E-state index is 0.0678. The van der Waals surface area contributed by atoms with Gasteiger partial charge in [-0.15, -0.1) is 0 Å². The molecular formula is C23H24FN. The van der Waals surface area contributed by atoms with Gasteiger partial charge in [-0.1, -0.05) is 38.1 Å². The Hall–Kier alpha value is -2.22. The molecule has 2 aliphatic rings. The fourth-order valence-corrected chi connectivity index (χ4v) is 4.56. The van der Waals surface area contributed by atoms with Crippen LogP contribution in [0.5, 0.6) is 0 Å². The molecule has 0 saturated heterocycles. The summed E-state index contributed by atoms with van der Waals surface area (Å²) in [5.41, 5.74) is 5.02. The second kappa shape index (κ2) is 5.66. The minimum Gasteiger partial charge on any atom is -0.256 e. The maximum absolute atomic E-state index is 15.0. The van der Waals surface area contributed by atoms with E-state index in [0.29, 0.717) is 0 Å². The molecule has 1 aromatic carbocycles. The van der Waals surface area contributed by atoms with Crippen molar-refractivity contribution in [3.8, 4) is 0 Å². The average Bonchev–Trinajstić information content (AvgIpc) is 2.59. The van der Waals surface area contributed by atoms with Crippen LogP contribution >= 0.6 is 0 Å². The summed E-state index contributed by atoms with van der Waals surface area (Å²) >= 11 is 0. The molecule has 1 nitrogen and oxygen atoms in total. The number of aryl methyl sites for hydroxylation is 1. The lowest BCUT2D eigenvalue weighted by Gasteiger charge is -2.40. The van der Waals surface area contributed by atoms with E-state index >= 15 is 4.39 Å². The van der Waals surface area contributed by atoms with Crippen LogP contribution in [0.2, 0.25) is 0 Å². The van der Waals surface area contributed by atoms with Gasteiger partial charge in [0.1, 0.15) is 5.83 Å². The molecule has 0 N–H and O–H groups in total. The normalized spacial score (nSPS) is 21.6. The summed E-state index contributed by atoms with van der Waals surface area (Å²) in [6.07, 6.45) is 9.58. The van der Waals surface area contributed by atoms with E-state index in [4.69, 9.17) is 4.98 Å². The number of hydrogen-bond donors (Lipinski definition) is 0. The molecule has 2 aliphatic carbocycles. The van der Waals surface area contributed by atoms with Crippen LogP contribution < -0.4 is 0 Å². The van der Waals surface area contributed by atoms with Crippen LogP contribution in [-0.4, -0.2) is 4.98 Å². The molecule has 0 fully saturated rings. The third kappa shape index (κ3) is 2.23. The third-order valence-corrected chi connectivity index (χ3v) is 5.85. The van der Waals surface area contributed by atoms with Gasteiger partial charge in [0.15, 0.2) is 0 Å². The standard InChI is InChI=1S/C23H24FN/c1-5-6-7-15-9-11-18(24)21-19(15)22-20-16(12-13-25-22)14(2)8-10-17(20)23(21,3)4/h5-6,8,10-13,15H,7,9H2,1-4H3. The Balaban J connectivity index is 2.10. The molecule has 1 aromatic heterocycles. The van der Waals surface area contributed by atoms with E-state index in [9.17, 15) is 0 Å². The number of fused-ring (bicyclic) bond motifs is 1. The zero-order valence-corrected chi connectivity index (χ0v) is 15.4. The Morgan fingerprint density at radius 2 is 2.08 bits per heavy atom. The van der Waals surface area contributed by atoms with Crippen LogP contribution in [0.4, 0.5) is 4.39 Å². The molecule has 0 radical (unpaired) electrons. The first kappa shape index (κ1) is 16.3. The van der Waals surface area contributed by atoms with Gasteiger partial charge in [0.25, 0.3) is 0 Å². The molecule has 2 aromatic rings. The first-order chi connectivity index (χ1) is 12.0. The van der Waals surface area contributed by atoms with Crippen LogP contribution in [-0.2, 0) is 5.41 Å². The molecular weight excluding hydrogens is 309 g/mol. The van der Waals surface area contributed by atoms with Crippen LogP contribution in [0.25, 0.3) is 16.3 Å². The van der Waals surface area contributed by atoms with Gasteiger partial charge in [0.05, 0.1) is 5.69 Å². The highest BCUT2D eigenvalue weighted by molar-refractivity contribution is 6.01. The van der Waals surface area contributed by atoms with Gasteiger partial charge < -0.3 is 0 Å². The molecule has 25 heavy (non-hydrogen) atoms. The topological polar surface area (TPSA) is 12.9 Å². The van der Waals surface area contributed by atoms with Crippen molar-refractivity contribution < 1.29 is 4.39 Å². The molecule has 0 amide bonds. The van der Waals surface area contributed by atoms with Crippen molar-refractivity contribution in [2.45, 2.75) is 46.0 Å². The molecule has 128 valence electrons. The number of aromatic nitrogens is 1. The smallest absolute Gasteiger partial charge is 0.123 e. The highest BCUT2D eigenvalue weighted by Gasteiger charge is 2.41. The summed E-state index contributed by atoms with van der Waals surface area (Å²) in [7, 11) is 0. The fraction of sp³-hybridized carbons (Fsp3) is 0.348.